The van der Waals surface area contributed by atoms with Gasteiger partial charge in [0.05, 0.1) is 5.69 Å². The van der Waals surface area contributed by atoms with Gasteiger partial charge in [-0.2, -0.15) is 0 Å². The molecule has 0 aromatic carbocycles. The first-order valence-electron chi connectivity index (χ1n) is 4.45. The number of hydrogen-bond donors (Lipinski definition) is 2. The Bertz CT molecular complexity index is 530. The quantitative estimate of drug-likeness (QED) is 0.486. The molecule has 0 unspecified atom stereocenters. The van der Waals surface area contributed by atoms with Crippen LogP contribution in [-0.4, -0.2) is 23.9 Å². The zero-order valence-electron chi connectivity index (χ0n) is 8.44. The predicted molar refractivity (Wildman–Crippen MR) is 69.0 cm³/mol. The van der Waals surface area contributed by atoms with Crippen molar-refractivity contribution >= 4 is 35.5 Å². The minimum absolute atomic E-state index is 0.353. The Kier molecular flexibility index (Phi) is 3.25. The number of aromatic nitrogens is 4. The van der Waals surface area contributed by atoms with Gasteiger partial charge in [-0.05, 0) is 6.92 Å². The third-order valence-corrected chi connectivity index (χ3v) is 2.03. The number of aliphatic imine (C=N–C) groups is 1. The first kappa shape index (κ1) is 11.2. The fourth-order valence-corrected chi connectivity index (χ4v) is 1.39. The number of imidazole rings is 1. The van der Waals surface area contributed by atoms with E-state index in [2.05, 4.69) is 45.2 Å². The van der Waals surface area contributed by atoms with E-state index < -0.39 is 0 Å². The van der Waals surface area contributed by atoms with Gasteiger partial charge < -0.3 is 0 Å². The second-order valence-electron chi connectivity index (χ2n) is 3.07. The third-order valence-electron chi connectivity index (χ3n) is 1.83. The van der Waals surface area contributed by atoms with E-state index in [0.717, 1.165) is 5.69 Å². The molecular formula is C9H9N5S2. The lowest BCUT2D eigenvalue weighted by Crippen LogP contribution is -1.94. The van der Waals surface area contributed by atoms with Gasteiger partial charge in [0.15, 0.2) is 5.82 Å². The smallest absolute Gasteiger partial charge is 0.159 e. The Morgan fingerprint density at radius 3 is 2.75 bits per heavy atom. The SMILES string of the molecule is Cc1cn(-c2cc(N=C(S)S)ncn2)cn1. The summed E-state index contributed by atoms with van der Waals surface area (Å²) in [6, 6.07) is 1.73. The minimum Gasteiger partial charge on any atom is -0.290 e. The second kappa shape index (κ2) is 4.67. The Balaban J connectivity index is 2.40. The molecule has 0 spiro atoms. The molecule has 0 amide bonds. The van der Waals surface area contributed by atoms with Gasteiger partial charge in [0.25, 0.3) is 0 Å². The molecule has 7 heteroatoms. The maximum atomic E-state index is 4.12. The van der Waals surface area contributed by atoms with Gasteiger partial charge in [-0.25, -0.2) is 19.9 Å². The topological polar surface area (TPSA) is 56.0 Å². The third kappa shape index (κ3) is 2.61. The molecule has 0 saturated carbocycles. The molecule has 82 valence electrons. The van der Waals surface area contributed by atoms with Crippen LogP contribution in [0.25, 0.3) is 5.82 Å². The maximum absolute atomic E-state index is 4.12. The number of aryl methyl sites for hydroxylation is 1. The first-order valence-corrected chi connectivity index (χ1v) is 5.34. The van der Waals surface area contributed by atoms with Gasteiger partial charge in [0.1, 0.15) is 22.8 Å². The first-order chi connectivity index (χ1) is 7.65. The van der Waals surface area contributed by atoms with E-state index in [0.29, 0.717) is 16.0 Å². The van der Waals surface area contributed by atoms with Gasteiger partial charge in [-0.3, -0.25) is 4.57 Å². The molecule has 0 atom stereocenters. The van der Waals surface area contributed by atoms with E-state index in [1.807, 2.05) is 13.1 Å². The van der Waals surface area contributed by atoms with E-state index in [9.17, 15) is 0 Å². The fraction of sp³-hybridized carbons (Fsp3) is 0.111. The Labute approximate surface area is 104 Å². The van der Waals surface area contributed by atoms with Gasteiger partial charge in [0, 0.05) is 12.3 Å². The summed E-state index contributed by atoms with van der Waals surface area (Å²) in [7, 11) is 0. The van der Waals surface area contributed by atoms with Crippen molar-refractivity contribution in [3.05, 3.63) is 30.6 Å². The molecule has 0 saturated heterocycles. The molecule has 2 rings (SSSR count). The van der Waals surface area contributed by atoms with Crippen LogP contribution in [0.5, 0.6) is 0 Å². The van der Waals surface area contributed by atoms with Crippen LogP contribution in [-0.2, 0) is 0 Å². The predicted octanol–water partition coefficient (Wildman–Crippen LogP) is 1.82. The molecule has 2 aromatic heterocycles. The lowest BCUT2D eigenvalue weighted by molar-refractivity contribution is 0.970. The molecule has 0 N–H and O–H groups in total. The Morgan fingerprint density at radius 1 is 1.31 bits per heavy atom. The highest BCUT2D eigenvalue weighted by Gasteiger charge is 2.01. The van der Waals surface area contributed by atoms with Gasteiger partial charge in [0.2, 0.25) is 0 Å². The van der Waals surface area contributed by atoms with E-state index in [1.54, 1.807) is 17.0 Å². The summed E-state index contributed by atoms with van der Waals surface area (Å²) in [6.45, 7) is 1.91. The van der Waals surface area contributed by atoms with Crippen LogP contribution < -0.4 is 0 Å². The summed E-state index contributed by atoms with van der Waals surface area (Å²) in [5.41, 5.74) is 0.924. The summed E-state index contributed by atoms with van der Waals surface area (Å²) in [4.78, 5) is 16.2. The van der Waals surface area contributed by atoms with Crippen molar-refractivity contribution in [1.29, 1.82) is 0 Å². The van der Waals surface area contributed by atoms with Crippen molar-refractivity contribution in [3.8, 4) is 5.82 Å². The summed E-state index contributed by atoms with van der Waals surface area (Å²) >= 11 is 7.94. The molecule has 0 fully saturated rings. The number of nitrogens with zero attached hydrogens (tertiary/aromatic N) is 5. The summed E-state index contributed by atoms with van der Waals surface area (Å²) in [5, 5.41) is 0. The van der Waals surface area contributed by atoms with Gasteiger partial charge in [-0.1, -0.05) is 0 Å². The molecule has 5 nitrogen and oxygen atoms in total. The maximum Gasteiger partial charge on any atom is 0.159 e. The highest BCUT2D eigenvalue weighted by atomic mass is 32.2. The van der Waals surface area contributed by atoms with Crippen LogP contribution in [0.1, 0.15) is 5.69 Å². The average Bonchev–Trinajstić information content (AvgIpc) is 2.64. The number of rotatable bonds is 2. The van der Waals surface area contributed by atoms with Crippen LogP contribution in [0, 0.1) is 6.92 Å². The standard InChI is InChI=1S/C9H9N5S2/c1-6-3-14(5-12-6)8-2-7(10-4-11-8)13-9(15)16/h2-5H,1H3,(H2,10,11,13,15,16). The van der Waals surface area contributed by atoms with Gasteiger partial charge in [-0.15, -0.1) is 25.3 Å². The minimum atomic E-state index is 0.353. The summed E-state index contributed by atoms with van der Waals surface area (Å²) < 4.78 is 2.15. The van der Waals surface area contributed by atoms with E-state index in [1.165, 1.54) is 6.33 Å². The monoisotopic (exact) mass is 251 g/mol. The highest BCUT2D eigenvalue weighted by Crippen LogP contribution is 2.13. The van der Waals surface area contributed by atoms with Gasteiger partial charge >= 0.3 is 0 Å². The molecule has 0 aliphatic rings. The van der Waals surface area contributed by atoms with Crippen molar-refractivity contribution < 1.29 is 0 Å². The normalized spacial score (nSPS) is 10.2. The lowest BCUT2D eigenvalue weighted by Gasteiger charge is -2.00. The van der Waals surface area contributed by atoms with E-state index in [4.69, 9.17) is 0 Å². The van der Waals surface area contributed by atoms with Crippen LogP contribution in [0.2, 0.25) is 0 Å². The lowest BCUT2D eigenvalue weighted by atomic mass is 10.5. The van der Waals surface area contributed by atoms with E-state index in [-0.39, 0.29) is 0 Å². The average molecular weight is 251 g/mol. The van der Waals surface area contributed by atoms with Crippen molar-refractivity contribution in [3.63, 3.8) is 0 Å². The van der Waals surface area contributed by atoms with Crippen LogP contribution in [0.3, 0.4) is 0 Å². The number of thiol groups is 2. The zero-order chi connectivity index (χ0) is 11.5. The Hall–Kier alpha value is -1.34. The molecule has 2 heterocycles. The highest BCUT2D eigenvalue weighted by molar-refractivity contribution is 8.23. The molecule has 0 aliphatic carbocycles. The largest absolute Gasteiger partial charge is 0.290 e. The van der Waals surface area contributed by atoms with Crippen molar-refractivity contribution in [2.24, 2.45) is 4.99 Å². The zero-order valence-corrected chi connectivity index (χ0v) is 10.2. The molecule has 16 heavy (non-hydrogen) atoms. The molecule has 0 aliphatic heterocycles. The molecular weight excluding hydrogens is 242 g/mol. The van der Waals surface area contributed by atoms with E-state index >= 15 is 0 Å². The van der Waals surface area contributed by atoms with Crippen molar-refractivity contribution in [1.82, 2.24) is 19.5 Å². The van der Waals surface area contributed by atoms with Crippen LogP contribution in [0.15, 0.2) is 29.9 Å². The molecule has 0 radical (unpaired) electrons. The number of hydrogen-bond acceptors (Lipinski definition) is 4. The van der Waals surface area contributed by atoms with Crippen molar-refractivity contribution in [2.45, 2.75) is 6.92 Å². The van der Waals surface area contributed by atoms with Crippen LogP contribution >= 0.6 is 25.3 Å². The second-order valence-corrected chi connectivity index (χ2v) is 4.27. The summed E-state index contributed by atoms with van der Waals surface area (Å²) in [6.07, 6.45) is 5.00. The van der Waals surface area contributed by atoms with Crippen LogP contribution in [0.4, 0.5) is 5.82 Å². The summed E-state index contributed by atoms with van der Waals surface area (Å²) in [5.74, 6) is 1.22. The Morgan fingerprint density at radius 2 is 2.12 bits per heavy atom. The fourth-order valence-electron chi connectivity index (χ4n) is 1.19. The molecule has 2 aromatic rings. The molecule has 0 bridgehead atoms. The van der Waals surface area contributed by atoms with Crippen molar-refractivity contribution in [2.75, 3.05) is 0 Å².